The number of hydrogen-bond acceptors (Lipinski definition) is 6. The van der Waals surface area contributed by atoms with Gasteiger partial charge in [0.05, 0.1) is 33.0 Å². The highest BCUT2D eigenvalue weighted by molar-refractivity contribution is 7.80. The number of aromatic hydroxyl groups is 1. The summed E-state index contributed by atoms with van der Waals surface area (Å²) in [7, 11) is 0. The SMILES string of the molecule is N#Cc1ccc(C(=O)NC(=S)Nc2ccc(-c3nc4ccccc4s3)c(O)c2)c(F)c1. The van der Waals surface area contributed by atoms with Gasteiger partial charge in [0.15, 0.2) is 5.11 Å². The molecule has 0 unspecified atom stereocenters. The van der Waals surface area contributed by atoms with E-state index in [2.05, 4.69) is 15.6 Å². The average Bonchev–Trinajstić information content (AvgIpc) is 3.17. The number of thiocarbonyl (C=S) groups is 1. The second-order valence-electron chi connectivity index (χ2n) is 6.43. The lowest BCUT2D eigenvalue weighted by Gasteiger charge is -2.11. The molecule has 1 aromatic heterocycles. The first-order chi connectivity index (χ1) is 14.9. The number of hydrogen-bond donors (Lipinski definition) is 3. The summed E-state index contributed by atoms with van der Waals surface area (Å²) in [6, 6.07) is 17.9. The van der Waals surface area contributed by atoms with E-state index in [1.165, 1.54) is 29.5 Å². The molecule has 4 rings (SSSR count). The number of nitrogens with one attached hydrogen (secondary N) is 2. The van der Waals surface area contributed by atoms with Gasteiger partial charge in [-0.05, 0) is 54.7 Å². The molecule has 1 heterocycles. The van der Waals surface area contributed by atoms with Crippen LogP contribution in [0.25, 0.3) is 20.8 Å². The number of thiazole rings is 1. The van der Waals surface area contributed by atoms with Crippen LogP contribution in [0, 0.1) is 17.1 Å². The number of halogens is 1. The van der Waals surface area contributed by atoms with Crippen molar-refractivity contribution in [1.29, 1.82) is 5.26 Å². The Morgan fingerprint density at radius 1 is 1.16 bits per heavy atom. The molecular formula is C22H13FN4O2S2. The number of aromatic nitrogens is 1. The average molecular weight is 449 g/mol. The number of amides is 1. The predicted molar refractivity (Wildman–Crippen MR) is 122 cm³/mol. The molecule has 31 heavy (non-hydrogen) atoms. The number of carbonyl (C=O) groups excluding carboxylic acids is 1. The zero-order valence-corrected chi connectivity index (χ0v) is 17.4. The van der Waals surface area contributed by atoms with Gasteiger partial charge in [0.1, 0.15) is 16.6 Å². The van der Waals surface area contributed by atoms with Crippen LogP contribution in [0.2, 0.25) is 0 Å². The van der Waals surface area contributed by atoms with E-state index in [1.807, 2.05) is 24.3 Å². The third-order valence-electron chi connectivity index (χ3n) is 4.35. The number of fused-ring (bicyclic) bond motifs is 1. The van der Waals surface area contributed by atoms with Crippen molar-refractivity contribution in [2.75, 3.05) is 5.32 Å². The van der Waals surface area contributed by atoms with Crippen LogP contribution in [0.1, 0.15) is 15.9 Å². The van der Waals surface area contributed by atoms with Gasteiger partial charge in [-0.1, -0.05) is 12.1 Å². The lowest BCUT2D eigenvalue weighted by molar-refractivity contribution is 0.0974. The number of nitrogens with zero attached hydrogens (tertiary/aromatic N) is 2. The maximum Gasteiger partial charge on any atom is 0.260 e. The minimum atomic E-state index is -0.822. The van der Waals surface area contributed by atoms with E-state index in [1.54, 1.807) is 18.2 Å². The van der Waals surface area contributed by atoms with Crippen molar-refractivity contribution >= 4 is 50.5 Å². The summed E-state index contributed by atoms with van der Waals surface area (Å²) < 4.78 is 15.0. The number of carbonyl (C=O) groups is 1. The zero-order valence-electron chi connectivity index (χ0n) is 15.7. The first kappa shape index (κ1) is 20.4. The third-order valence-corrected chi connectivity index (χ3v) is 5.62. The van der Waals surface area contributed by atoms with E-state index in [0.29, 0.717) is 16.3 Å². The number of phenols is 1. The van der Waals surface area contributed by atoms with Gasteiger partial charge in [-0.25, -0.2) is 9.37 Å². The molecule has 1 amide bonds. The number of benzene rings is 3. The van der Waals surface area contributed by atoms with Crippen LogP contribution in [0.5, 0.6) is 5.75 Å². The van der Waals surface area contributed by atoms with E-state index in [4.69, 9.17) is 17.5 Å². The minimum absolute atomic E-state index is 0.00341. The molecule has 0 saturated heterocycles. The highest BCUT2D eigenvalue weighted by Gasteiger charge is 2.15. The van der Waals surface area contributed by atoms with Crippen LogP contribution in [-0.4, -0.2) is 21.1 Å². The maximum atomic E-state index is 14.0. The number of anilines is 1. The fourth-order valence-electron chi connectivity index (χ4n) is 2.88. The molecule has 152 valence electrons. The molecular weight excluding hydrogens is 435 g/mol. The second kappa shape index (κ2) is 8.47. The van der Waals surface area contributed by atoms with Gasteiger partial charge in [0.25, 0.3) is 5.91 Å². The van der Waals surface area contributed by atoms with E-state index >= 15 is 0 Å². The van der Waals surface area contributed by atoms with Crippen molar-refractivity contribution in [2.24, 2.45) is 0 Å². The van der Waals surface area contributed by atoms with Crippen LogP contribution in [0.3, 0.4) is 0 Å². The molecule has 0 aliphatic carbocycles. The molecule has 0 aliphatic rings. The Morgan fingerprint density at radius 2 is 1.97 bits per heavy atom. The first-order valence-corrected chi connectivity index (χ1v) is 10.2. The van der Waals surface area contributed by atoms with Gasteiger partial charge >= 0.3 is 0 Å². The number of rotatable bonds is 3. The Hall–Kier alpha value is -3.87. The lowest BCUT2D eigenvalue weighted by Crippen LogP contribution is -2.34. The van der Waals surface area contributed by atoms with Gasteiger partial charge in [0, 0.05) is 11.8 Å². The molecule has 0 atom stereocenters. The van der Waals surface area contributed by atoms with Gasteiger partial charge in [-0.3, -0.25) is 10.1 Å². The molecule has 6 nitrogen and oxygen atoms in total. The fraction of sp³-hybridized carbons (Fsp3) is 0. The van der Waals surface area contributed by atoms with E-state index in [0.717, 1.165) is 16.3 Å². The third kappa shape index (κ3) is 4.35. The van der Waals surface area contributed by atoms with E-state index < -0.39 is 11.7 Å². The topological polar surface area (TPSA) is 98.0 Å². The summed E-state index contributed by atoms with van der Waals surface area (Å²) >= 11 is 6.57. The normalized spacial score (nSPS) is 10.5. The lowest BCUT2D eigenvalue weighted by atomic mass is 10.1. The monoisotopic (exact) mass is 448 g/mol. The molecule has 0 bridgehead atoms. The van der Waals surface area contributed by atoms with Gasteiger partial charge in [0.2, 0.25) is 0 Å². The first-order valence-electron chi connectivity index (χ1n) is 8.95. The van der Waals surface area contributed by atoms with Crippen molar-refractivity contribution in [3.63, 3.8) is 0 Å². The summed E-state index contributed by atoms with van der Waals surface area (Å²) in [5.41, 5.74) is 1.73. The van der Waals surface area contributed by atoms with E-state index in [-0.39, 0.29) is 22.0 Å². The Labute approximate surface area is 185 Å². The van der Waals surface area contributed by atoms with Crippen LogP contribution >= 0.6 is 23.6 Å². The van der Waals surface area contributed by atoms with Crippen molar-refractivity contribution in [1.82, 2.24) is 10.3 Å². The smallest absolute Gasteiger partial charge is 0.260 e. The van der Waals surface area contributed by atoms with Gasteiger partial charge in [-0.15, -0.1) is 11.3 Å². The fourth-order valence-corrected chi connectivity index (χ4v) is 4.09. The summed E-state index contributed by atoms with van der Waals surface area (Å²) in [5.74, 6) is -1.58. The highest BCUT2D eigenvalue weighted by atomic mass is 32.1. The van der Waals surface area contributed by atoms with Crippen LogP contribution in [0.4, 0.5) is 10.1 Å². The van der Waals surface area contributed by atoms with Crippen molar-refractivity contribution in [2.45, 2.75) is 0 Å². The number of nitriles is 1. The Bertz CT molecular complexity index is 1340. The molecule has 3 aromatic carbocycles. The van der Waals surface area contributed by atoms with Crippen LogP contribution < -0.4 is 10.6 Å². The van der Waals surface area contributed by atoms with Crippen molar-refractivity contribution < 1.29 is 14.3 Å². The van der Waals surface area contributed by atoms with E-state index in [9.17, 15) is 14.3 Å². The number of phenolic OH excluding ortho intramolecular Hbond substituents is 1. The Morgan fingerprint density at radius 3 is 2.68 bits per heavy atom. The summed E-state index contributed by atoms with van der Waals surface area (Å²) in [5, 5.41) is 25.0. The summed E-state index contributed by atoms with van der Waals surface area (Å²) in [4.78, 5) is 16.8. The Balaban J connectivity index is 1.47. The van der Waals surface area contributed by atoms with Crippen molar-refractivity contribution in [3.05, 3.63) is 77.6 Å². The largest absolute Gasteiger partial charge is 0.507 e. The van der Waals surface area contributed by atoms with Gasteiger partial charge < -0.3 is 10.4 Å². The molecule has 0 radical (unpaired) electrons. The molecule has 3 N–H and O–H groups in total. The number of para-hydroxylation sites is 1. The minimum Gasteiger partial charge on any atom is -0.507 e. The second-order valence-corrected chi connectivity index (χ2v) is 7.87. The van der Waals surface area contributed by atoms with Crippen molar-refractivity contribution in [3.8, 4) is 22.4 Å². The van der Waals surface area contributed by atoms with Gasteiger partial charge in [-0.2, -0.15) is 5.26 Å². The standard InChI is InChI=1S/C22H13FN4O2S2/c23-16-9-12(11-24)5-7-14(16)20(29)27-22(30)25-13-6-8-15(18(28)10-13)21-26-17-3-1-2-4-19(17)31-21/h1-10,28H,(H2,25,27,29,30). The molecule has 0 saturated carbocycles. The molecule has 9 heteroatoms. The molecule has 0 fully saturated rings. The van der Waals surface area contributed by atoms with Crippen LogP contribution in [0.15, 0.2) is 60.7 Å². The predicted octanol–water partition coefficient (Wildman–Crippen LogP) is 4.81. The maximum absolute atomic E-state index is 14.0. The highest BCUT2D eigenvalue weighted by Crippen LogP contribution is 2.36. The quantitative estimate of drug-likeness (QED) is 0.389. The summed E-state index contributed by atoms with van der Waals surface area (Å²) in [6.45, 7) is 0. The zero-order chi connectivity index (χ0) is 22.0. The molecule has 0 aliphatic heterocycles. The molecule has 0 spiro atoms. The molecule has 4 aromatic rings. The summed E-state index contributed by atoms with van der Waals surface area (Å²) in [6.07, 6.45) is 0. The Kier molecular flexibility index (Phi) is 5.58. The van der Waals surface area contributed by atoms with Crippen LogP contribution in [-0.2, 0) is 0 Å².